The van der Waals surface area contributed by atoms with Gasteiger partial charge in [-0.3, -0.25) is 4.79 Å². The molecule has 1 amide bonds. The van der Waals surface area contributed by atoms with Gasteiger partial charge in [-0.25, -0.2) is 0 Å². The second kappa shape index (κ2) is 8.12. The highest BCUT2D eigenvalue weighted by molar-refractivity contribution is 5.94. The first kappa shape index (κ1) is 18.0. The second-order valence-electron chi connectivity index (χ2n) is 6.72. The van der Waals surface area contributed by atoms with Gasteiger partial charge in [0.2, 0.25) is 5.91 Å². The van der Waals surface area contributed by atoms with Crippen molar-refractivity contribution in [1.29, 1.82) is 0 Å². The van der Waals surface area contributed by atoms with Crippen LogP contribution in [0, 0.1) is 5.92 Å². The van der Waals surface area contributed by atoms with Gasteiger partial charge in [0.05, 0.1) is 12.8 Å². The number of ether oxygens (including phenoxy) is 1. The minimum atomic E-state index is -0.0540. The molecular weight excluding hydrogens is 356 g/mol. The number of nitrogens with one attached hydrogen (secondary N) is 1. The molecule has 2 heterocycles. The summed E-state index contributed by atoms with van der Waals surface area (Å²) in [6, 6.07) is 17.1. The summed E-state index contributed by atoms with van der Waals surface area (Å²) in [7, 11) is 1.60. The molecule has 2 aromatic carbocycles. The van der Waals surface area contributed by atoms with Crippen molar-refractivity contribution in [3.05, 3.63) is 54.6 Å². The van der Waals surface area contributed by atoms with E-state index in [1.54, 1.807) is 7.11 Å². The predicted octanol–water partition coefficient (Wildman–Crippen LogP) is 3.60. The first-order chi connectivity index (χ1) is 13.7. The average molecular weight is 378 g/mol. The first-order valence-corrected chi connectivity index (χ1v) is 9.32. The van der Waals surface area contributed by atoms with E-state index in [0.29, 0.717) is 36.4 Å². The van der Waals surface area contributed by atoms with Gasteiger partial charge in [0.1, 0.15) is 5.75 Å². The summed E-state index contributed by atoms with van der Waals surface area (Å²) in [6.45, 7) is 1.41. The number of aromatic nitrogens is 2. The number of carbonyl (C=O) groups excluding carboxylic acids is 1. The van der Waals surface area contributed by atoms with Gasteiger partial charge >= 0.3 is 0 Å². The van der Waals surface area contributed by atoms with Crippen molar-refractivity contribution < 1.29 is 14.1 Å². The predicted molar refractivity (Wildman–Crippen MR) is 106 cm³/mol. The largest absolute Gasteiger partial charge is 0.495 e. The fourth-order valence-electron chi connectivity index (χ4n) is 3.37. The van der Waals surface area contributed by atoms with Gasteiger partial charge < -0.3 is 19.5 Å². The van der Waals surface area contributed by atoms with Crippen molar-refractivity contribution in [2.45, 2.75) is 12.8 Å². The fraction of sp³-hybridized carbons (Fsp3) is 0.286. The summed E-state index contributed by atoms with van der Waals surface area (Å²) in [5.41, 5.74) is 1.59. The zero-order valence-corrected chi connectivity index (χ0v) is 15.7. The molecule has 4 rings (SSSR count). The van der Waals surface area contributed by atoms with Crippen molar-refractivity contribution in [3.63, 3.8) is 0 Å². The van der Waals surface area contributed by atoms with Crippen LogP contribution in [0.1, 0.15) is 12.8 Å². The number of nitrogens with zero attached hydrogens (tertiary/aromatic N) is 3. The van der Waals surface area contributed by atoms with E-state index in [4.69, 9.17) is 9.26 Å². The van der Waals surface area contributed by atoms with Crippen LogP contribution in [0.2, 0.25) is 0 Å². The number of piperidine rings is 1. The number of methoxy groups -OCH3 is 1. The molecular formula is C21H22N4O3. The highest BCUT2D eigenvalue weighted by atomic mass is 16.5. The molecule has 1 aliphatic rings. The van der Waals surface area contributed by atoms with Crippen LogP contribution in [0.25, 0.3) is 11.5 Å². The molecule has 1 fully saturated rings. The Balaban J connectivity index is 1.36. The van der Waals surface area contributed by atoms with Crippen molar-refractivity contribution in [2.24, 2.45) is 5.92 Å². The molecule has 0 saturated carbocycles. The van der Waals surface area contributed by atoms with Gasteiger partial charge in [0.25, 0.3) is 11.8 Å². The Bertz CT molecular complexity index is 934. The minimum absolute atomic E-state index is 0.0160. The standard InChI is InChI=1S/C21H22N4O3/c1-27-18-10-6-5-9-17(18)22-19(26)15-11-13-25(14-12-15)21-23-20(28-24-21)16-7-3-2-4-8-16/h2-10,15H,11-14H2,1H3,(H,22,26). The number of rotatable bonds is 5. The maximum Gasteiger partial charge on any atom is 0.266 e. The topological polar surface area (TPSA) is 80.5 Å². The molecule has 0 unspecified atom stereocenters. The van der Waals surface area contributed by atoms with E-state index in [-0.39, 0.29) is 11.8 Å². The average Bonchev–Trinajstić information content (AvgIpc) is 3.25. The highest BCUT2D eigenvalue weighted by Crippen LogP contribution is 2.27. The number of para-hydroxylation sites is 2. The Morgan fingerprint density at radius 3 is 2.57 bits per heavy atom. The van der Waals surface area contributed by atoms with Crippen LogP contribution in [0.5, 0.6) is 5.75 Å². The van der Waals surface area contributed by atoms with Gasteiger partial charge in [-0.05, 0) is 42.3 Å². The molecule has 1 N–H and O–H groups in total. The van der Waals surface area contributed by atoms with Gasteiger partial charge in [-0.15, -0.1) is 0 Å². The van der Waals surface area contributed by atoms with Crippen LogP contribution >= 0.6 is 0 Å². The Kier molecular flexibility index (Phi) is 5.23. The van der Waals surface area contributed by atoms with Crippen molar-refractivity contribution in [2.75, 3.05) is 30.4 Å². The number of carbonyl (C=O) groups is 1. The molecule has 1 aliphatic heterocycles. The lowest BCUT2D eigenvalue weighted by molar-refractivity contribution is -0.120. The Morgan fingerprint density at radius 2 is 1.82 bits per heavy atom. The Hall–Kier alpha value is -3.35. The Morgan fingerprint density at radius 1 is 1.11 bits per heavy atom. The third kappa shape index (κ3) is 3.83. The van der Waals surface area contributed by atoms with E-state index in [9.17, 15) is 4.79 Å². The molecule has 7 nitrogen and oxygen atoms in total. The number of anilines is 2. The van der Waals surface area contributed by atoms with Crippen molar-refractivity contribution in [1.82, 2.24) is 10.1 Å². The van der Waals surface area contributed by atoms with Gasteiger partial charge in [0.15, 0.2) is 0 Å². The molecule has 0 radical (unpaired) electrons. The lowest BCUT2D eigenvalue weighted by Gasteiger charge is -2.30. The van der Waals surface area contributed by atoms with E-state index in [1.165, 1.54) is 0 Å². The lowest BCUT2D eigenvalue weighted by Crippen LogP contribution is -2.38. The molecule has 28 heavy (non-hydrogen) atoms. The van der Waals surface area contributed by atoms with Gasteiger partial charge in [-0.2, -0.15) is 4.98 Å². The normalized spacial score (nSPS) is 14.7. The van der Waals surface area contributed by atoms with Crippen LogP contribution in [-0.2, 0) is 4.79 Å². The zero-order chi connectivity index (χ0) is 19.3. The molecule has 144 valence electrons. The SMILES string of the molecule is COc1ccccc1NC(=O)C1CCN(c2noc(-c3ccccc3)n2)CC1. The summed E-state index contributed by atoms with van der Waals surface area (Å²) in [4.78, 5) is 19.2. The molecule has 1 saturated heterocycles. The summed E-state index contributed by atoms with van der Waals surface area (Å²) in [6.07, 6.45) is 1.46. The van der Waals surface area contributed by atoms with E-state index in [2.05, 4.69) is 20.4 Å². The number of amides is 1. The van der Waals surface area contributed by atoms with Gasteiger partial charge in [0, 0.05) is 24.6 Å². The fourth-order valence-corrected chi connectivity index (χ4v) is 3.37. The van der Waals surface area contributed by atoms with E-state index in [0.717, 1.165) is 18.4 Å². The summed E-state index contributed by atoms with van der Waals surface area (Å²) in [5.74, 6) is 1.70. The Labute approximate surface area is 163 Å². The van der Waals surface area contributed by atoms with Crippen LogP contribution in [0.3, 0.4) is 0 Å². The molecule has 0 bridgehead atoms. The quantitative estimate of drug-likeness (QED) is 0.731. The number of hydrogen-bond acceptors (Lipinski definition) is 6. The third-order valence-corrected chi connectivity index (χ3v) is 4.95. The smallest absolute Gasteiger partial charge is 0.266 e. The second-order valence-corrected chi connectivity index (χ2v) is 6.72. The minimum Gasteiger partial charge on any atom is -0.495 e. The molecule has 7 heteroatoms. The molecule has 1 aromatic heterocycles. The maximum absolute atomic E-state index is 12.6. The maximum atomic E-state index is 12.6. The van der Waals surface area contributed by atoms with Crippen LogP contribution < -0.4 is 15.0 Å². The van der Waals surface area contributed by atoms with Gasteiger partial charge in [-0.1, -0.05) is 30.3 Å². The molecule has 0 aliphatic carbocycles. The third-order valence-electron chi connectivity index (χ3n) is 4.95. The monoisotopic (exact) mass is 378 g/mol. The van der Waals surface area contributed by atoms with Crippen LogP contribution in [0.15, 0.2) is 59.1 Å². The van der Waals surface area contributed by atoms with Crippen molar-refractivity contribution in [3.8, 4) is 17.2 Å². The number of hydrogen-bond donors (Lipinski definition) is 1. The lowest BCUT2D eigenvalue weighted by atomic mass is 9.96. The summed E-state index contributed by atoms with van der Waals surface area (Å²) >= 11 is 0. The highest BCUT2D eigenvalue weighted by Gasteiger charge is 2.27. The van der Waals surface area contributed by atoms with E-state index in [1.807, 2.05) is 54.6 Å². The molecule has 0 spiro atoms. The summed E-state index contributed by atoms with van der Waals surface area (Å²) < 4.78 is 10.7. The summed E-state index contributed by atoms with van der Waals surface area (Å²) in [5, 5.41) is 7.08. The van der Waals surface area contributed by atoms with Crippen LogP contribution in [-0.4, -0.2) is 36.2 Å². The zero-order valence-electron chi connectivity index (χ0n) is 15.7. The molecule has 3 aromatic rings. The van der Waals surface area contributed by atoms with Crippen molar-refractivity contribution >= 4 is 17.5 Å². The first-order valence-electron chi connectivity index (χ1n) is 9.32. The van der Waals surface area contributed by atoms with Crippen LogP contribution in [0.4, 0.5) is 11.6 Å². The van der Waals surface area contributed by atoms with E-state index < -0.39 is 0 Å². The molecule has 0 atom stereocenters. The number of benzene rings is 2. The van der Waals surface area contributed by atoms with E-state index >= 15 is 0 Å².